The predicted molar refractivity (Wildman–Crippen MR) is 266 cm³/mol. The van der Waals surface area contributed by atoms with Crippen LogP contribution in [0.3, 0.4) is 0 Å². The number of allylic oxidation sites excluding steroid dienone is 1. The number of rotatable bonds is 17. The van der Waals surface area contributed by atoms with Crippen LogP contribution in [-0.2, 0) is 0 Å². The van der Waals surface area contributed by atoms with Crippen LogP contribution in [-0.4, -0.2) is 173 Å². The number of hydrogen-bond donors (Lipinski definition) is 3. The molecule has 13 nitrogen and oxygen atoms in total. The van der Waals surface area contributed by atoms with Gasteiger partial charge in [0.2, 0.25) is 0 Å². The lowest BCUT2D eigenvalue weighted by molar-refractivity contribution is -1.08. The van der Waals surface area contributed by atoms with Crippen LogP contribution in [0.1, 0.15) is 70.4 Å². The molecule has 0 saturated carbocycles. The van der Waals surface area contributed by atoms with Gasteiger partial charge in [0.1, 0.15) is 90.0 Å². The molecule has 0 spiro atoms. The number of quaternary nitrogens is 4. The van der Waals surface area contributed by atoms with Crippen LogP contribution >= 0.6 is 0 Å². The summed E-state index contributed by atoms with van der Waals surface area (Å²) < 4.78 is 23.2. The number of piperazine rings is 6. The number of hydrogen-bond acceptors (Lipinski definition) is 9. The van der Waals surface area contributed by atoms with Crippen molar-refractivity contribution in [3.63, 3.8) is 0 Å². The number of phenolic OH excluding ortho intramolecular Hbond substituents is 2. The fraction of sp³-hybridized carbons (Fsp3) is 0.566. The van der Waals surface area contributed by atoms with Gasteiger partial charge in [0.25, 0.3) is 0 Å². The van der Waals surface area contributed by atoms with Gasteiger partial charge in [-0.05, 0) is 58.8 Å². The summed E-state index contributed by atoms with van der Waals surface area (Å²) in [7, 11) is 4.55. The highest BCUT2D eigenvalue weighted by Gasteiger charge is 2.49. The summed E-state index contributed by atoms with van der Waals surface area (Å²) in [5.41, 5.74) is 2.85. The van der Waals surface area contributed by atoms with Crippen LogP contribution in [0, 0.1) is 0 Å². The topological polar surface area (TPSA) is 127 Å². The van der Waals surface area contributed by atoms with Gasteiger partial charge in [-0.1, -0.05) is 11.6 Å². The van der Waals surface area contributed by atoms with Crippen LogP contribution in [0.5, 0.6) is 28.7 Å². The quantitative estimate of drug-likeness (QED) is 0.0238. The Bertz CT molecular complexity index is 2880. The lowest BCUT2D eigenvalue weighted by atomic mass is 9.80. The average Bonchev–Trinajstić information content (AvgIpc) is 3.47. The zero-order valence-corrected chi connectivity index (χ0v) is 40.5. The van der Waals surface area contributed by atoms with E-state index in [0.717, 1.165) is 43.5 Å². The van der Waals surface area contributed by atoms with Crippen molar-refractivity contribution < 1.29 is 42.4 Å². The minimum atomic E-state index is -0.463. The number of phenols is 2. The summed E-state index contributed by atoms with van der Waals surface area (Å²) >= 11 is 0. The minimum Gasteiger partial charge on any atom is -0.505 e. The second-order valence-corrected chi connectivity index (χ2v) is 20.9. The largest absolute Gasteiger partial charge is 0.505 e. The molecule has 12 rings (SSSR count). The van der Waals surface area contributed by atoms with E-state index in [4.69, 9.17) is 19.2 Å². The summed E-state index contributed by atoms with van der Waals surface area (Å²) in [6, 6.07) is 2.79. The van der Waals surface area contributed by atoms with Gasteiger partial charge in [-0.2, -0.15) is 0 Å². The normalized spacial score (nSPS) is 27.1. The van der Waals surface area contributed by atoms with E-state index in [2.05, 4.69) is 39.1 Å². The molecule has 1 unspecified atom stereocenters. The summed E-state index contributed by atoms with van der Waals surface area (Å²) in [6.45, 7) is 30.1. The Balaban J connectivity index is 1.09. The van der Waals surface area contributed by atoms with Crippen molar-refractivity contribution in [1.29, 1.82) is 0 Å². The highest BCUT2D eigenvalue weighted by Crippen LogP contribution is 2.58. The number of anilines is 1. The zero-order chi connectivity index (χ0) is 46.3. The first-order valence-corrected chi connectivity index (χ1v) is 24.9. The standard InChI is InChI=1S/C53H69N6O7/c1-8-56-18-24-58(25-19-56,26-20-56)16-12-10-14-54-34(4)40-33(3)30-35-41-46-42(51(62)50(35)55-15-11-13-17-59-27-21-57(9-2,22-28-59)23-29-59)36(60)31-38(64-5)44(46)45-39(65-6)32-37(61)43-48(45)47(41)49(40)53(66-7)52(43)63/h30-32,40H,8-29H2,1-7H3/q+1/p+3. The van der Waals surface area contributed by atoms with E-state index in [9.17, 15) is 19.8 Å². The Morgan fingerprint density at radius 3 is 1.62 bits per heavy atom. The number of methoxy groups -OCH3 is 3. The van der Waals surface area contributed by atoms with Crippen LogP contribution in [0.2, 0.25) is 0 Å². The maximum atomic E-state index is 14.4. The number of aromatic hydroxyl groups is 2. The van der Waals surface area contributed by atoms with E-state index in [1.807, 2.05) is 0 Å². The average molecular weight is 905 g/mol. The van der Waals surface area contributed by atoms with E-state index in [-0.39, 0.29) is 44.9 Å². The Labute approximate surface area is 388 Å². The van der Waals surface area contributed by atoms with Crippen molar-refractivity contribution in [3.05, 3.63) is 49.3 Å². The highest BCUT2D eigenvalue weighted by molar-refractivity contribution is 6.40. The van der Waals surface area contributed by atoms with Crippen molar-refractivity contribution in [2.75, 3.05) is 144 Å². The van der Waals surface area contributed by atoms with Crippen molar-refractivity contribution in [2.24, 2.45) is 4.99 Å². The minimum absolute atomic E-state index is 0.102. The third kappa shape index (κ3) is 6.80. The summed E-state index contributed by atoms with van der Waals surface area (Å²) in [5.74, 6) is -0.0656. The number of nitrogens with one attached hydrogen (secondary N) is 1. The molecular weight excluding hydrogens is 833 g/mol. The number of fused-ring (bicyclic) bond motifs is 7. The Hall–Kier alpha value is -4.95. The second-order valence-electron chi connectivity index (χ2n) is 20.9. The van der Waals surface area contributed by atoms with Crippen molar-refractivity contribution >= 4 is 60.6 Å². The Morgan fingerprint density at radius 2 is 1.12 bits per heavy atom. The van der Waals surface area contributed by atoms with Gasteiger partial charge in [0.15, 0.2) is 28.1 Å². The highest BCUT2D eigenvalue weighted by atomic mass is 16.5. The number of benzene rings is 5. The first kappa shape index (κ1) is 44.9. The van der Waals surface area contributed by atoms with Gasteiger partial charge in [0.05, 0.1) is 64.0 Å². The SMILES string of the molecule is CC[N+]12CC[N+](CCCCN=C(C)C3C(C)=Cc4c(NCCCC[N+]56CC[N+](CC)(CC5)CC6)c(O)c5c(=O)cc(OC)c6c7c(OC)cc(=O)c8c(O)c(OC)c3c(c4c56)c87)(CC1)CC2. The zero-order valence-electron chi connectivity index (χ0n) is 40.5. The molecule has 352 valence electrons. The van der Waals surface area contributed by atoms with E-state index >= 15 is 0 Å². The third-order valence-electron chi connectivity index (χ3n) is 18.1. The molecule has 1 aliphatic carbocycles. The van der Waals surface area contributed by atoms with Crippen molar-refractivity contribution in [2.45, 2.75) is 59.3 Å². The van der Waals surface area contributed by atoms with E-state index < -0.39 is 11.3 Å². The molecule has 5 aromatic carbocycles. The lowest BCUT2D eigenvalue weighted by Crippen LogP contribution is -2.74. The molecule has 6 fully saturated rings. The summed E-state index contributed by atoms with van der Waals surface area (Å²) in [5, 5.41) is 32.2. The molecule has 3 N–H and O–H groups in total. The second kappa shape index (κ2) is 16.7. The Kier molecular flexibility index (Phi) is 11.3. The lowest BCUT2D eigenvalue weighted by Gasteiger charge is -2.55. The molecule has 0 amide bonds. The number of ether oxygens (including phenoxy) is 3. The van der Waals surface area contributed by atoms with Gasteiger partial charge in [-0.3, -0.25) is 14.6 Å². The fourth-order valence-electron chi connectivity index (χ4n) is 13.7. The van der Waals surface area contributed by atoms with Gasteiger partial charge in [-0.15, -0.1) is 0 Å². The van der Waals surface area contributed by atoms with Crippen molar-refractivity contribution in [3.8, 4) is 28.7 Å². The summed E-state index contributed by atoms with van der Waals surface area (Å²) in [6.07, 6.45) is 6.13. The van der Waals surface area contributed by atoms with Crippen molar-refractivity contribution in [1.82, 2.24) is 0 Å². The van der Waals surface area contributed by atoms with Crippen LogP contribution in [0.4, 0.5) is 5.69 Å². The van der Waals surface area contributed by atoms with Gasteiger partial charge < -0.3 is 47.7 Å². The van der Waals surface area contributed by atoms with Gasteiger partial charge >= 0.3 is 0 Å². The van der Waals surface area contributed by atoms with Gasteiger partial charge in [0, 0.05) is 74.9 Å². The molecular formula is C53H72N6O7+4. The summed E-state index contributed by atoms with van der Waals surface area (Å²) in [4.78, 5) is 34.0. The third-order valence-corrected chi connectivity index (χ3v) is 18.1. The first-order chi connectivity index (χ1) is 31.8. The van der Waals surface area contributed by atoms with E-state index in [1.54, 1.807) is 0 Å². The molecule has 7 aliphatic rings. The molecule has 13 heteroatoms. The molecule has 0 radical (unpaired) electrons. The first-order valence-electron chi connectivity index (χ1n) is 24.9. The maximum Gasteiger partial charge on any atom is 0.194 e. The fourth-order valence-corrected chi connectivity index (χ4v) is 13.7. The molecule has 5 aromatic rings. The molecule has 6 saturated heterocycles. The van der Waals surface area contributed by atoms with Gasteiger partial charge in [-0.25, -0.2) is 0 Å². The molecule has 0 aromatic heterocycles. The number of nitrogens with zero attached hydrogens (tertiary/aromatic N) is 5. The molecule has 6 heterocycles. The van der Waals surface area contributed by atoms with E-state index in [0.29, 0.717) is 62.2 Å². The smallest absolute Gasteiger partial charge is 0.194 e. The monoisotopic (exact) mass is 905 g/mol. The molecule has 66 heavy (non-hydrogen) atoms. The number of unbranched alkanes of at least 4 members (excludes halogenated alkanes) is 2. The predicted octanol–water partition coefficient (Wildman–Crippen LogP) is 6.63. The van der Waals surface area contributed by atoms with Crippen LogP contribution in [0.25, 0.3) is 49.2 Å². The number of likely N-dealkylation sites (N-methyl/N-ethyl adjacent to an activating group) is 2. The van der Waals surface area contributed by atoms with Crippen LogP contribution < -0.4 is 30.4 Å². The maximum absolute atomic E-state index is 14.4. The molecule has 4 bridgehead atoms. The van der Waals surface area contributed by atoms with E-state index in [1.165, 1.54) is 150 Å². The van der Waals surface area contributed by atoms with Crippen LogP contribution in [0.15, 0.2) is 32.3 Å². The Morgan fingerprint density at radius 1 is 0.636 bits per heavy atom. The molecule has 1 atom stereocenters. The number of aliphatic imine (C=N–C) groups is 1. The molecule has 6 aliphatic heterocycles.